The van der Waals surface area contributed by atoms with Crippen LogP contribution in [-0.4, -0.2) is 29.6 Å². The van der Waals surface area contributed by atoms with Crippen LogP contribution in [0.3, 0.4) is 0 Å². The monoisotopic (exact) mass is 250 g/mol. The summed E-state index contributed by atoms with van der Waals surface area (Å²) < 4.78 is 0. The second kappa shape index (κ2) is 6.57. The number of hydrogen-bond donors (Lipinski definition) is 1. The molecular formula is C14H26N4. The van der Waals surface area contributed by atoms with Gasteiger partial charge >= 0.3 is 0 Å². The summed E-state index contributed by atoms with van der Waals surface area (Å²) in [7, 11) is 1.91. The minimum atomic E-state index is 0.404. The largest absolute Gasteiger partial charge is 0.373 e. The third-order valence-electron chi connectivity index (χ3n) is 3.04. The maximum atomic E-state index is 4.52. The topological polar surface area (TPSA) is 41.1 Å². The van der Waals surface area contributed by atoms with E-state index >= 15 is 0 Å². The van der Waals surface area contributed by atoms with E-state index in [9.17, 15) is 0 Å². The first kappa shape index (κ1) is 14.7. The minimum absolute atomic E-state index is 0.404. The smallest absolute Gasteiger partial charge is 0.137 e. The van der Waals surface area contributed by atoms with Gasteiger partial charge in [0.25, 0.3) is 0 Å². The zero-order chi connectivity index (χ0) is 13.7. The molecule has 0 atom stereocenters. The third kappa shape index (κ3) is 3.12. The molecular weight excluding hydrogens is 224 g/mol. The molecule has 1 N–H and O–H groups in total. The molecule has 102 valence electrons. The predicted octanol–water partition coefficient (Wildman–Crippen LogP) is 3.27. The van der Waals surface area contributed by atoms with Gasteiger partial charge in [-0.05, 0) is 26.2 Å². The van der Waals surface area contributed by atoms with Crippen LogP contribution in [0.25, 0.3) is 0 Å². The molecule has 4 heteroatoms. The Hall–Kier alpha value is -1.32. The highest BCUT2D eigenvalue weighted by atomic mass is 15.2. The van der Waals surface area contributed by atoms with E-state index in [2.05, 4.69) is 54.8 Å². The summed E-state index contributed by atoms with van der Waals surface area (Å²) in [5.74, 6) is 2.42. The van der Waals surface area contributed by atoms with Crippen LogP contribution in [0.15, 0.2) is 6.33 Å². The summed E-state index contributed by atoms with van der Waals surface area (Å²) in [6, 6.07) is 0.446. The molecule has 0 aliphatic carbocycles. The Balaban J connectivity index is 3.28. The van der Waals surface area contributed by atoms with Crippen molar-refractivity contribution in [3.63, 3.8) is 0 Å². The van der Waals surface area contributed by atoms with Crippen molar-refractivity contribution in [2.24, 2.45) is 0 Å². The average molecular weight is 250 g/mol. The lowest BCUT2D eigenvalue weighted by molar-refractivity contribution is 0.652. The fourth-order valence-electron chi connectivity index (χ4n) is 2.20. The van der Waals surface area contributed by atoms with Crippen molar-refractivity contribution < 1.29 is 0 Å². The van der Waals surface area contributed by atoms with Gasteiger partial charge in [-0.25, -0.2) is 9.97 Å². The van der Waals surface area contributed by atoms with Crippen LogP contribution < -0.4 is 10.2 Å². The van der Waals surface area contributed by atoms with E-state index < -0.39 is 0 Å². The summed E-state index contributed by atoms with van der Waals surface area (Å²) in [6.07, 6.45) is 2.77. The molecule has 0 saturated carbocycles. The highest BCUT2D eigenvalue weighted by Gasteiger charge is 2.20. The minimum Gasteiger partial charge on any atom is -0.373 e. The van der Waals surface area contributed by atoms with Gasteiger partial charge in [0.15, 0.2) is 0 Å². The molecule has 0 radical (unpaired) electrons. The first-order chi connectivity index (χ1) is 8.52. The van der Waals surface area contributed by atoms with E-state index in [1.165, 1.54) is 5.56 Å². The fourth-order valence-corrected chi connectivity index (χ4v) is 2.20. The summed E-state index contributed by atoms with van der Waals surface area (Å²) in [5.41, 5.74) is 1.21. The molecule has 4 nitrogen and oxygen atoms in total. The van der Waals surface area contributed by atoms with Gasteiger partial charge in [0.1, 0.15) is 18.0 Å². The van der Waals surface area contributed by atoms with E-state index in [0.29, 0.717) is 12.0 Å². The Morgan fingerprint density at radius 2 is 1.89 bits per heavy atom. The van der Waals surface area contributed by atoms with Crippen molar-refractivity contribution in [1.29, 1.82) is 0 Å². The van der Waals surface area contributed by atoms with Crippen LogP contribution in [0, 0.1) is 0 Å². The molecule has 0 saturated heterocycles. The molecule has 0 spiro atoms. The Morgan fingerprint density at radius 3 is 2.33 bits per heavy atom. The standard InChI is InChI=1S/C14H26N4/c1-7-8-18(11(4)5)14-12(10(2)3)13(15-6)16-9-17-14/h9-11H,7-8H2,1-6H3,(H,15,16,17). The van der Waals surface area contributed by atoms with Gasteiger partial charge < -0.3 is 10.2 Å². The van der Waals surface area contributed by atoms with E-state index in [-0.39, 0.29) is 0 Å². The second-order valence-electron chi connectivity index (χ2n) is 5.15. The van der Waals surface area contributed by atoms with Gasteiger partial charge in [-0.2, -0.15) is 0 Å². The highest BCUT2D eigenvalue weighted by Crippen LogP contribution is 2.31. The van der Waals surface area contributed by atoms with Crippen LogP contribution in [0.2, 0.25) is 0 Å². The van der Waals surface area contributed by atoms with Crippen LogP contribution in [-0.2, 0) is 0 Å². The first-order valence-corrected chi connectivity index (χ1v) is 6.82. The molecule has 1 aromatic rings. The molecule has 0 aromatic carbocycles. The predicted molar refractivity (Wildman–Crippen MR) is 78.4 cm³/mol. The molecule has 0 aliphatic rings. The van der Waals surface area contributed by atoms with Gasteiger partial charge in [0, 0.05) is 25.2 Å². The summed E-state index contributed by atoms with van der Waals surface area (Å²) in [6.45, 7) is 12.0. The molecule has 0 unspecified atom stereocenters. The lowest BCUT2D eigenvalue weighted by Gasteiger charge is -2.30. The normalized spacial score (nSPS) is 11.1. The van der Waals surface area contributed by atoms with E-state index in [0.717, 1.165) is 24.6 Å². The van der Waals surface area contributed by atoms with Crippen molar-refractivity contribution in [2.75, 3.05) is 23.8 Å². The van der Waals surface area contributed by atoms with Gasteiger partial charge in [-0.1, -0.05) is 20.8 Å². The summed E-state index contributed by atoms with van der Waals surface area (Å²) in [4.78, 5) is 11.2. The maximum Gasteiger partial charge on any atom is 0.137 e. The number of nitrogens with zero attached hydrogens (tertiary/aromatic N) is 3. The zero-order valence-electron chi connectivity index (χ0n) is 12.5. The van der Waals surface area contributed by atoms with Gasteiger partial charge in [0.2, 0.25) is 0 Å². The van der Waals surface area contributed by atoms with Crippen molar-refractivity contribution >= 4 is 11.6 Å². The van der Waals surface area contributed by atoms with Gasteiger partial charge in [-0.15, -0.1) is 0 Å². The molecule has 0 fully saturated rings. The Bertz CT molecular complexity index is 374. The van der Waals surface area contributed by atoms with Crippen LogP contribution >= 0.6 is 0 Å². The zero-order valence-corrected chi connectivity index (χ0v) is 12.5. The number of hydrogen-bond acceptors (Lipinski definition) is 4. The van der Waals surface area contributed by atoms with E-state index in [1.54, 1.807) is 6.33 Å². The Morgan fingerprint density at radius 1 is 1.22 bits per heavy atom. The average Bonchev–Trinajstić information content (AvgIpc) is 2.34. The van der Waals surface area contributed by atoms with Gasteiger partial charge in [-0.3, -0.25) is 0 Å². The first-order valence-electron chi connectivity index (χ1n) is 6.82. The molecule has 1 heterocycles. The molecule has 18 heavy (non-hydrogen) atoms. The van der Waals surface area contributed by atoms with E-state index in [1.807, 2.05) is 7.05 Å². The van der Waals surface area contributed by atoms with E-state index in [4.69, 9.17) is 0 Å². The lowest BCUT2D eigenvalue weighted by Crippen LogP contribution is -2.33. The van der Waals surface area contributed by atoms with Crippen molar-refractivity contribution in [3.05, 3.63) is 11.9 Å². The fraction of sp³-hybridized carbons (Fsp3) is 0.714. The van der Waals surface area contributed by atoms with Crippen LogP contribution in [0.5, 0.6) is 0 Å². The van der Waals surface area contributed by atoms with Crippen molar-refractivity contribution in [1.82, 2.24) is 9.97 Å². The third-order valence-corrected chi connectivity index (χ3v) is 3.04. The van der Waals surface area contributed by atoms with Crippen LogP contribution in [0.4, 0.5) is 11.6 Å². The summed E-state index contributed by atoms with van der Waals surface area (Å²) in [5, 5.41) is 3.18. The number of anilines is 2. The number of aromatic nitrogens is 2. The molecule has 1 aromatic heterocycles. The molecule has 0 amide bonds. The second-order valence-corrected chi connectivity index (χ2v) is 5.15. The van der Waals surface area contributed by atoms with Crippen LogP contribution in [0.1, 0.15) is 52.5 Å². The molecule has 1 rings (SSSR count). The Kier molecular flexibility index (Phi) is 5.38. The summed E-state index contributed by atoms with van der Waals surface area (Å²) >= 11 is 0. The highest BCUT2D eigenvalue weighted by molar-refractivity contribution is 5.60. The van der Waals surface area contributed by atoms with Gasteiger partial charge in [0.05, 0.1) is 0 Å². The lowest BCUT2D eigenvalue weighted by atomic mass is 10.0. The quantitative estimate of drug-likeness (QED) is 0.841. The van der Waals surface area contributed by atoms with Crippen molar-refractivity contribution in [2.45, 2.75) is 53.0 Å². The number of nitrogens with one attached hydrogen (secondary N) is 1. The van der Waals surface area contributed by atoms with Crippen molar-refractivity contribution in [3.8, 4) is 0 Å². The molecule has 0 aliphatic heterocycles. The Labute approximate surface area is 111 Å². The molecule has 0 bridgehead atoms. The number of rotatable bonds is 6. The SMILES string of the molecule is CCCN(c1ncnc(NC)c1C(C)C)C(C)C. The maximum absolute atomic E-state index is 4.52.